The van der Waals surface area contributed by atoms with Crippen LogP contribution in [0.2, 0.25) is 0 Å². The van der Waals surface area contributed by atoms with Crippen LogP contribution in [0.15, 0.2) is 18.2 Å². The van der Waals surface area contributed by atoms with Crippen molar-refractivity contribution < 1.29 is 15.3 Å². The summed E-state index contributed by atoms with van der Waals surface area (Å²) < 4.78 is 0. The van der Waals surface area contributed by atoms with Gasteiger partial charge in [0.2, 0.25) is 0 Å². The molecule has 0 bridgehead atoms. The first-order valence-corrected chi connectivity index (χ1v) is 7.86. The van der Waals surface area contributed by atoms with Gasteiger partial charge in [-0.15, -0.1) is 0 Å². The highest BCUT2D eigenvalue weighted by Crippen LogP contribution is 2.25. The van der Waals surface area contributed by atoms with E-state index >= 15 is 0 Å². The fourth-order valence-electron chi connectivity index (χ4n) is 2.40. The third-order valence-corrected chi connectivity index (χ3v) is 3.66. The molecule has 0 heterocycles. The first-order chi connectivity index (χ1) is 9.74. The summed E-state index contributed by atoms with van der Waals surface area (Å²) in [5.41, 5.74) is 1.09. The van der Waals surface area contributed by atoms with E-state index in [-0.39, 0.29) is 11.5 Å². The second kappa shape index (κ2) is 10.6. The van der Waals surface area contributed by atoms with Crippen molar-refractivity contribution in [3.8, 4) is 11.5 Å². The number of hydrogen-bond donors (Lipinski definition) is 3. The van der Waals surface area contributed by atoms with Crippen LogP contribution in [0.1, 0.15) is 63.4 Å². The number of phenolic OH excluding ortho intramolecular Hbond substituents is 2. The minimum atomic E-state index is -0.0463. The molecule has 0 amide bonds. The molecule has 0 saturated heterocycles. The van der Waals surface area contributed by atoms with Crippen LogP contribution in [-0.2, 0) is 6.42 Å². The smallest absolute Gasteiger partial charge is 0.157 e. The number of benzene rings is 1. The predicted molar refractivity (Wildman–Crippen MR) is 82.1 cm³/mol. The second-order valence-electron chi connectivity index (χ2n) is 5.48. The van der Waals surface area contributed by atoms with Gasteiger partial charge in [-0.2, -0.15) is 0 Å². The van der Waals surface area contributed by atoms with Crippen LogP contribution in [0.25, 0.3) is 0 Å². The molecule has 0 saturated carbocycles. The average Bonchev–Trinajstić information content (AvgIpc) is 2.45. The van der Waals surface area contributed by atoms with Crippen molar-refractivity contribution in [1.29, 1.82) is 0 Å². The van der Waals surface area contributed by atoms with Crippen molar-refractivity contribution in [1.82, 2.24) is 0 Å². The van der Waals surface area contributed by atoms with Crippen LogP contribution in [0.5, 0.6) is 11.5 Å². The summed E-state index contributed by atoms with van der Waals surface area (Å²) in [6, 6.07) is 5.07. The molecule has 1 rings (SSSR count). The number of aliphatic hydroxyl groups is 1. The van der Waals surface area contributed by atoms with Crippen molar-refractivity contribution in [2.45, 2.75) is 64.2 Å². The molecule has 0 unspecified atom stereocenters. The maximum Gasteiger partial charge on any atom is 0.157 e. The third kappa shape index (κ3) is 7.39. The van der Waals surface area contributed by atoms with E-state index in [1.54, 1.807) is 12.1 Å². The Hall–Kier alpha value is -1.22. The predicted octanol–water partition coefficient (Wildman–Crippen LogP) is 4.14. The van der Waals surface area contributed by atoms with Crippen molar-refractivity contribution in [2.75, 3.05) is 6.61 Å². The van der Waals surface area contributed by atoms with Gasteiger partial charge in [0.05, 0.1) is 0 Å². The first kappa shape index (κ1) is 16.8. The standard InChI is InChI=1S/C17H28O3/c18-13-9-7-5-3-1-2-4-6-8-10-15-11-12-16(19)17(20)14-15/h11-12,14,18-20H,1-10,13H2. The molecule has 0 aliphatic heterocycles. The van der Waals surface area contributed by atoms with Crippen LogP contribution in [0.4, 0.5) is 0 Å². The van der Waals surface area contributed by atoms with Gasteiger partial charge in [-0.05, 0) is 37.0 Å². The third-order valence-electron chi connectivity index (χ3n) is 3.66. The van der Waals surface area contributed by atoms with E-state index in [4.69, 9.17) is 5.11 Å². The SMILES string of the molecule is OCCCCCCCCCCCc1ccc(O)c(O)c1. The van der Waals surface area contributed by atoms with Crippen LogP contribution < -0.4 is 0 Å². The van der Waals surface area contributed by atoms with Crippen molar-refractivity contribution in [3.63, 3.8) is 0 Å². The number of aromatic hydroxyl groups is 2. The minimum absolute atomic E-state index is 0.0228. The van der Waals surface area contributed by atoms with E-state index in [9.17, 15) is 10.2 Å². The number of phenols is 2. The monoisotopic (exact) mass is 280 g/mol. The lowest BCUT2D eigenvalue weighted by Crippen LogP contribution is -1.87. The van der Waals surface area contributed by atoms with Gasteiger partial charge in [0.25, 0.3) is 0 Å². The Bertz CT molecular complexity index is 363. The van der Waals surface area contributed by atoms with Crippen molar-refractivity contribution >= 4 is 0 Å². The van der Waals surface area contributed by atoms with Crippen molar-refractivity contribution in [2.24, 2.45) is 0 Å². The second-order valence-corrected chi connectivity index (χ2v) is 5.48. The maximum atomic E-state index is 9.40. The van der Waals surface area contributed by atoms with E-state index in [1.807, 2.05) is 6.07 Å². The normalized spacial score (nSPS) is 10.8. The molecule has 1 aromatic rings. The summed E-state index contributed by atoms with van der Waals surface area (Å²) >= 11 is 0. The zero-order valence-electron chi connectivity index (χ0n) is 12.4. The highest BCUT2D eigenvalue weighted by Gasteiger charge is 2.00. The van der Waals surface area contributed by atoms with E-state index < -0.39 is 0 Å². The zero-order valence-corrected chi connectivity index (χ0v) is 12.4. The van der Waals surface area contributed by atoms with E-state index in [2.05, 4.69) is 0 Å². The number of hydrogen-bond acceptors (Lipinski definition) is 3. The summed E-state index contributed by atoms with van der Waals surface area (Å²) in [6.45, 7) is 0.326. The molecule has 0 aliphatic carbocycles. The lowest BCUT2D eigenvalue weighted by atomic mass is 10.0. The highest BCUT2D eigenvalue weighted by atomic mass is 16.3. The van der Waals surface area contributed by atoms with Gasteiger partial charge in [-0.3, -0.25) is 0 Å². The molecule has 3 heteroatoms. The molecule has 0 aromatic heterocycles. The average molecular weight is 280 g/mol. The molecule has 1 aromatic carbocycles. The zero-order chi connectivity index (χ0) is 14.6. The number of aryl methyl sites for hydroxylation is 1. The van der Waals surface area contributed by atoms with Gasteiger partial charge in [0.15, 0.2) is 11.5 Å². The molecule has 0 spiro atoms. The Morgan fingerprint density at radius 1 is 0.650 bits per heavy atom. The highest BCUT2D eigenvalue weighted by molar-refractivity contribution is 5.40. The largest absolute Gasteiger partial charge is 0.504 e. The fraction of sp³-hybridized carbons (Fsp3) is 0.647. The molecule has 3 N–H and O–H groups in total. The van der Waals surface area contributed by atoms with Crippen LogP contribution in [0, 0.1) is 0 Å². The maximum absolute atomic E-state index is 9.40. The van der Waals surface area contributed by atoms with Crippen LogP contribution in [0.3, 0.4) is 0 Å². The van der Waals surface area contributed by atoms with Gasteiger partial charge < -0.3 is 15.3 Å². The van der Waals surface area contributed by atoms with Crippen molar-refractivity contribution in [3.05, 3.63) is 23.8 Å². The van der Waals surface area contributed by atoms with E-state index in [1.165, 1.54) is 38.5 Å². The summed E-state index contributed by atoms with van der Waals surface area (Å²) in [4.78, 5) is 0. The number of rotatable bonds is 11. The topological polar surface area (TPSA) is 60.7 Å². The molecule has 0 atom stereocenters. The summed E-state index contributed by atoms with van der Waals surface area (Å²) in [5, 5.41) is 27.3. The molecule has 0 radical (unpaired) electrons. The van der Waals surface area contributed by atoms with Crippen LogP contribution in [-0.4, -0.2) is 21.9 Å². The Morgan fingerprint density at radius 3 is 1.75 bits per heavy atom. The fourth-order valence-corrected chi connectivity index (χ4v) is 2.40. The van der Waals surface area contributed by atoms with Gasteiger partial charge in [0, 0.05) is 6.61 Å². The Morgan fingerprint density at radius 2 is 1.20 bits per heavy atom. The molecule has 114 valence electrons. The summed E-state index contributed by atoms with van der Waals surface area (Å²) in [7, 11) is 0. The van der Waals surface area contributed by atoms with Gasteiger partial charge >= 0.3 is 0 Å². The first-order valence-electron chi connectivity index (χ1n) is 7.86. The quantitative estimate of drug-likeness (QED) is 0.421. The minimum Gasteiger partial charge on any atom is -0.504 e. The van der Waals surface area contributed by atoms with Gasteiger partial charge in [-0.1, -0.05) is 51.0 Å². The number of aliphatic hydroxyl groups excluding tert-OH is 1. The molecule has 20 heavy (non-hydrogen) atoms. The molecule has 0 fully saturated rings. The molecule has 0 aliphatic rings. The summed E-state index contributed by atoms with van der Waals surface area (Å²) in [6.07, 6.45) is 11.8. The lowest BCUT2D eigenvalue weighted by Gasteiger charge is -2.04. The van der Waals surface area contributed by atoms with E-state index in [0.717, 1.165) is 31.2 Å². The molecular weight excluding hydrogens is 252 g/mol. The Balaban J connectivity index is 1.95. The summed E-state index contributed by atoms with van der Waals surface area (Å²) in [5.74, 6) is -0.0691. The van der Waals surface area contributed by atoms with Crippen LogP contribution >= 0.6 is 0 Å². The Kier molecular flexibility index (Phi) is 8.88. The Labute approximate surface area is 122 Å². The van der Waals surface area contributed by atoms with Gasteiger partial charge in [-0.25, -0.2) is 0 Å². The molecular formula is C17H28O3. The van der Waals surface area contributed by atoms with E-state index in [0.29, 0.717) is 6.61 Å². The van der Waals surface area contributed by atoms with Gasteiger partial charge in [0.1, 0.15) is 0 Å². The number of unbranched alkanes of at least 4 members (excludes halogenated alkanes) is 8. The molecule has 3 nitrogen and oxygen atoms in total. The lowest BCUT2D eigenvalue weighted by molar-refractivity contribution is 0.282.